The molecule has 0 bridgehead atoms. The van der Waals surface area contributed by atoms with Crippen LogP contribution in [0.3, 0.4) is 0 Å². The van der Waals surface area contributed by atoms with Gasteiger partial charge in [-0.15, -0.1) is 0 Å². The van der Waals surface area contributed by atoms with Gasteiger partial charge in [-0.25, -0.2) is 4.79 Å². The van der Waals surface area contributed by atoms with Gasteiger partial charge in [0.05, 0.1) is 13.0 Å². The zero-order valence-electron chi connectivity index (χ0n) is 16.2. The average molecular weight is 412 g/mol. The van der Waals surface area contributed by atoms with Crippen LogP contribution in [0.5, 0.6) is 5.75 Å². The smallest absolute Gasteiger partial charge is 0.319 e. The van der Waals surface area contributed by atoms with Crippen LogP contribution in [-0.2, 0) is 17.6 Å². The van der Waals surface area contributed by atoms with E-state index >= 15 is 0 Å². The molecule has 152 valence electrons. The Morgan fingerprint density at radius 1 is 1.07 bits per heavy atom. The van der Waals surface area contributed by atoms with Gasteiger partial charge >= 0.3 is 6.03 Å². The Labute approximate surface area is 175 Å². The number of hydrogen-bond acceptors (Lipinski definition) is 4. The fourth-order valence-electron chi connectivity index (χ4n) is 3.55. The molecule has 7 heteroatoms. The Kier molecular flexibility index (Phi) is 6.24. The third-order valence-electron chi connectivity index (χ3n) is 5.14. The van der Waals surface area contributed by atoms with Gasteiger partial charge in [0, 0.05) is 36.7 Å². The summed E-state index contributed by atoms with van der Waals surface area (Å²) in [5.74, 6) is 3.10. The summed E-state index contributed by atoms with van der Waals surface area (Å²) in [5, 5.41) is 5.69. The fourth-order valence-corrected chi connectivity index (χ4v) is 4.46. The van der Waals surface area contributed by atoms with Gasteiger partial charge in [-0.3, -0.25) is 4.79 Å². The number of fused-ring (bicyclic) bond motifs is 1. The number of benzene rings is 2. The number of thioether (sulfide) groups is 1. The number of rotatable bonds is 5. The summed E-state index contributed by atoms with van der Waals surface area (Å²) < 4.78 is 5.83. The van der Waals surface area contributed by atoms with Crippen molar-refractivity contribution in [1.29, 1.82) is 0 Å². The molecule has 2 aliphatic rings. The van der Waals surface area contributed by atoms with Gasteiger partial charge < -0.3 is 20.3 Å². The minimum absolute atomic E-state index is 0.0419. The van der Waals surface area contributed by atoms with E-state index in [4.69, 9.17) is 4.74 Å². The number of nitrogens with zero attached hydrogens (tertiary/aromatic N) is 1. The molecule has 0 spiro atoms. The number of carbonyl (C=O) groups is 2. The lowest BCUT2D eigenvalue weighted by molar-refractivity contribution is -0.130. The first-order chi connectivity index (χ1) is 14.2. The summed E-state index contributed by atoms with van der Waals surface area (Å²) in [6.07, 6.45) is 1.16. The number of hydrogen-bond donors (Lipinski definition) is 2. The van der Waals surface area contributed by atoms with Gasteiger partial charge in [0.15, 0.2) is 0 Å². The summed E-state index contributed by atoms with van der Waals surface area (Å²) >= 11 is 1.89. The number of nitrogens with one attached hydrogen (secondary N) is 2. The molecule has 4 rings (SSSR count). The van der Waals surface area contributed by atoms with E-state index in [0.29, 0.717) is 18.7 Å². The van der Waals surface area contributed by atoms with Crippen LogP contribution in [-0.4, -0.2) is 54.1 Å². The van der Waals surface area contributed by atoms with Crippen molar-refractivity contribution in [2.75, 3.05) is 36.5 Å². The van der Waals surface area contributed by atoms with Crippen molar-refractivity contribution in [3.63, 3.8) is 0 Å². The molecule has 1 saturated heterocycles. The van der Waals surface area contributed by atoms with Crippen LogP contribution in [0.4, 0.5) is 10.5 Å². The zero-order chi connectivity index (χ0) is 20.1. The van der Waals surface area contributed by atoms with Crippen molar-refractivity contribution < 1.29 is 14.3 Å². The van der Waals surface area contributed by atoms with Crippen LogP contribution in [0.15, 0.2) is 48.5 Å². The third-order valence-corrected chi connectivity index (χ3v) is 6.08. The van der Waals surface area contributed by atoms with Crippen molar-refractivity contribution in [1.82, 2.24) is 10.2 Å². The highest BCUT2D eigenvalue weighted by molar-refractivity contribution is 7.99. The van der Waals surface area contributed by atoms with E-state index in [1.807, 2.05) is 65.2 Å². The predicted octanol–water partition coefficient (Wildman–Crippen LogP) is 2.93. The van der Waals surface area contributed by atoms with E-state index < -0.39 is 0 Å². The Morgan fingerprint density at radius 2 is 1.83 bits per heavy atom. The number of amides is 3. The quantitative estimate of drug-likeness (QED) is 0.794. The zero-order valence-corrected chi connectivity index (χ0v) is 17.0. The molecule has 2 aliphatic heterocycles. The first-order valence-electron chi connectivity index (χ1n) is 9.91. The lowest BCUT2D eigenvalue weighted by Crippen LogP contribution is -2.38. The van der Waals surface area contributed by atoms with Crippen LogP contribution in [0.1, 0.15) is 11.1 Å². The maximum Gasteiger partial charge on any atom is 0.319 e. The number of ether oxygens (including phenoxy) is 1. The second-order valence-corrected chi connectivity index (χ2v) is 8.48. The van der Waals surface area contributed by atoms with Crippen LogP contribution in [0, 0.1) is 0 Å². The highest BCUT2D eigenvalue weighted by Crippen LogP contribution is 2.27. The van der Waals surface area contributed by atoms with E-state index in [-0.39, 0.29) is 18.0 Å². The lowest BCUT2D eigenvalue weighted by Gasteiger charge is -2.26. The van der Waals surface area contributed by atoms with Crippen molar-refractivity contribution >= 4 is 29.4 Å². The maximum atomic E-state index is 12.3. The fraction of sp³-hybridized carbons (Fsp3) is 0.364. The SMILES string of the molecule is O=C(NCC1Cc2ccccc2O1)Nc1ccc(CC(=O)N2CCSCC2)cc1. The number of urea groups is 1. The second-order valence-electron chi connectivity index (χ2n) is 7.25. The Hall–Kier alpha value is -2.67. The minimum atomic E-state index is -0.265. The lowest BCUT2D eigenvalue weighted by atomic mass is 10.1. The summed E-state index contributed by atoms with van der Waals surface area (Å²) in [6, 6.07) is 15.1. The normalized spacial score (nSPS) is 17.9. The predicted molar refractivity (Wildman–Crippen MR) is 116 cm³/mol. The Morgan fingerprint density at radius 3 is 2.59 bits per heavy atom. The van der Waals surface area contributed by atoms with E-state index in [2.05, 4.69) is 10.6 Å². The van der Waals surface area contributed by atoms with Crippen LogP contribution >= 0.6 is 11.8 Å². The number of para-hydroxylation sites is 1. The second kappa shape index (κ2) is 9.22. The van der Waals surface area contributed by atoms with Crippen molar-refractivity contribution in [3.8, 4) is 5.75 Å². The molecule has 3 amide bonds. The molecule has 1 unspecified atom stereocenters. The first kappa shape index (κ1) is 19.6. The molecular weight excluding hydrogens is 386 g/mol. The van der Waals surface area contributed by atoms with Gasteiger partial charge in [0.2, 0.25) is 5.91 Å². The van der Waals surface area contributed by atoms with Crippen LogP contribution in [0.25, 0.3) is 0 Å². The van der Waals surface area contributed by atoms with Gasteiger partial charge in [-0.1, -0.05) is 30.3 Å². The summed E-state index contributed by atoms with van der Waals surface area (Å²) in [5.41, 5.74) is 2.83. The molecule has 2 heterocycles. The molecule has 2 aromatic rings. The van der Waals surface area contributed by atoms with Crippen molar-refractivity contribution in [3.05, 3.63) is 59.7 Å². The van der Waals surface area contributed by atoms with Crippen molar-refractivity contribution in [2.24, 2.45) is 0 Å². The molecule has 0 saturated carbocycles. The van der Waals surface area contributed by atoms with Crippen LogP contribution < -0.4 is 15.4 Å². The van der Waals surface area contributed by atoms with Crippen molar-refractivity contribution in [2.45, 2.75) is 18.9 Å². The number of carbonyl (C=O) groups excluding carboxylic acids is 2. The van der Waals surface area contributed by atoms with E-state index in [0.717, 1.165) is 42.3 Å². The standard InChI is InChI=1S/C22H25N3O3S/c26-21(25-9-11-29-12-10-25)13-16-5-7-18(8-6-16)24-22(27)23-15-19-14-17-3-1-2-4-20(17)28-19/h1-8,19H,9-15H2,(H2,23,24,27). The molecular formula is C22H25N3O3S. The summed E-state index contributed by atoms with van der Waals surface area (Å²) in [4.78, 5) is 26.4. The van der Waals surface area contributed by atoms with Crippen LogP contribution in [0.2, 0.25) is 0 Å². The molecule has 1 fully saturated rings. The van der Waals surface area contributed by atoms with E-state index in [1.54, 1.807) is 0 Å². The van der Waals surface area contributed by atoms with E-state index in [1.165, 1.54) is 5.56 Å². The molecule has 0 aromatic heterocycles. The Balaban J connectivity index is 1.21. The largest absolute Gasteiger partial charge is 0.488 e. The van der Waals surface area contributed by atoms with E-state index in [9.17, 15) is 9.59 Å². The third kappa shape index (κ3) is 5.23. The van der Waals surface area contributed by atoms with Gasteiger partial charge in [0.1, 0.15) is 11.9 Å². The molecule has 2 N–H and O–H groups in total. The molecule has 0 aliphatic carbocycles. The maximum absolute atomic E-state index is 12.3. The summed E-state index contributed by atoms with van der Waals surface area (Å²) in [7, 11) is 0. The van der Waals surface area contributed by atoms with Gasteiger partial charge in [-0.05, 0) is 29.3 Å². The monoisotopic (exact) mass is 411 g/mol. The topological polar surface area (TPSA) is 70.7 Å². The minimum Gasteiger partial charge on any atom is -0.488 e. The molecule has 2 aromatic carbocycles. The average Bonchev–Trinajstić information content (AvgIpc) is 3.17. The highest BCUT2D eigenvalue weighted by atomic mass is 32.2. The molecule has 29 heavy (non-hydrogen) atoms. The van der Waals surface area contributed by atoms with Gasteiger partial charge in [-0.2, -0.15) is 11.8 Å². The Bertz CT molecular complexity index is 841. The summed E-state index contributed by atoms with van der Waals surface area (Å²) in [6.45, 7) is 2.11. The molecule has 0 radical (unpaired) electrons. The number of anilines is 1. The van der Waals surface area contributed by atoms with Gasteiger partial charge in [0.25, 0.3) is 0 Å². The first-order valence-corrected chi connectivity index (χ1v) is 11.1. The molecule has 6 nitrogen and oxygen atoms in total. The molecule has 1 atom stereocenters. The highest BCUT2D eigenvalue weighted by Gasteiger charge is 2.22.